The Labute approximate surface area is 130 Å². The number of hydrogen-bond donors (Lipinski definition) is 1. The summed E-state index contributed by atoms with van der Waals surface area (Å²) in [6.07, 6.45) is 0. The highest BCUT2D eigenvalue weighted by Crippen LogP contribution is 2.31. The van der Waals surface area contributed by atoms with Gasteiger partial charge in [-0.3, -0.25) is 4.57 Å². The molecule has 21 heavy (non-hydrogen) atoms. The molecule has 0 amide bonds. The lowest BCUT2D eigenvalue weighted by molar-refractivity contribution is 0.626. The summed E-state index contributed by atoms with van der Waals surface area (Å²) >= 11 is 3.44. The number of nitrogen functional groups attached to an aromatic ring is 1. The lowest BCUT2D eigenvalue weighted by Gasteiger charge is -2.13. The zero-order valence-electron chi connectivity index (χ0n) is 11.8. The molecule has 1 aromatic heterocycles. The number of hydrogen-bond acceptors (Lipinski definition) is 2. The van der Waals surface area contributed by atoms with Gasteiger partial charge in [0.25, 0.3) is 0 Å². The fourth-order valence-corrected chi connectivity index (χ4v) is 2.95. The molecular weight excluding hydrogens is 333 g/mol. The highest BCUT2D eigenvalue weighted by molar-refractivity contribution is 9.10. The maximum absolute atomic E-state index is 13.3. The molecular formula is C16H15BrFN3. The van der Waals surface area contributed by atoms with Gasteiger partial charge in [-0.15, -0.1) is 0 Å². The first-order valence-corrected chi connectivity index (χ1v) is 7.50. The van der Waals surface area contributed by atoms with Gasteiger partial charge in [-0.25, -0.2) is 9.37 Å². The van der Waals surface area contributed by atoms with Gasteiger partial charge in [0.05, 0.1) is 16.7 Å². The maximum atomic E-state index is 13.3. The molecule has 0 aliphatic carbocycles. The molecule has 5 heteroatoms. The number of anilines is 1. The van der Waals surface area contributed by atoms with E-state index in [1.165, 1.54) is 12.1 Å². The van der Waals surface area contributed by atoms with Crippen LogP contribution in [0.25, 0.3) is 16.7 Å². The number of nitrogens with two attached hydrogens (primary N) is 1. The first-order valence-electron chi connectivity index (χ1n) is 6.70. The molecule has 0 saturated heterocycles. The highest BCUT2D eigenvalue weighted by atomic mass is 79.9. The van der Waals surface area contributed by atoms with Crippen LogP contribution in [0.2, 0.25) is 0 Å². The second-order valence-electron chi connectivity index (χ2n) is 5.30. The monoisotopic (exact) mass is 347 g/mol. The number of fused-ring (bicyclic) bond motifs is 1. The van der Waals surface area contributed by atoms with E-state index >= 15 is 0 Å². The molecule has 3 aromatic rings. The fraction of sp³-hybridized carbons (Fsp3) is 0.188. The third kappa shape index (κ3) is 2.42. The Hall–Kier alpha value is -1.88. The minimum atomic E-state index is -0.273. The van der Waals surface area contributed by atoms with E-state index in [0.29, 0.717) is 10.2 Å². The molecule has 0 bridgehead atoms. The van der Waals surface area contributed by atoms with Gasteiger partial charge in [-0.1, -0.05) is 13.8 Å². The zero-order valence-corrected chi connectivity index (χ0v) is 13.4. The molecule has 3 rings (SSSR count). The van der Waals surface area contributed by atoms with Gasteiger partial charge in [0.2, 0.25) is 0 Å². The molecule has 0 radical (unpaired) electrons. The fourth-order valence-electron chi connectivity index (χ4n) is 2.42. The summed E-state index contributed by atoms with van der Waals surface area (Å²) in [6, 6.07) is 10.3. The predicted molar refractivity (Wildman–Crippen MR) is 87.2 cm³/mol. The first kappa shape index (κ1) is 14.1. The van der Waals surface area contributed by atoms with E-state index in [1.807, 2.05) is 22.8 Å². The molecule has 0 aliphatic rings. The number of aromatic nitrogens is 2. The Morgan fingerprint density at radius 3 is 2.62 bits per heavy atom. The van der Waals surface area contributed by atoms with Crippen LogP contribution in [-0.2, 0) is 0 Å². The zero-order chi connectivity index (χ0) is 15.1. The molecule has 0 fully saturated rings. The van der Waals surface area contributed by atoms with Gasteiger partial charge in [0, 0.05) is 16.1 Å². The molecule has 0 saturated carbocycles. The number of halogens is 2. The Balaban J connectivity index is 2.36. The Bertz CT molecular complexity index is 824. The highest BCUT2D eigenvalue weighted by Gasteiger charge is 2.17. The van der Waals surface area contributed by atoms with Crippen LogP contribution in [0.3, 0.4) is 0 Å². The minimum absolute atomic E-state index is 0.232. The summed E-state index contributed by atoms with van der Waals surface area (Å²) in [5.74, 6) is 0.879. The average molecular weight is 348 g/mol. The number of rotatable bonds is 2. The van der Waals surface area contributed by atoms with E-state index in [0.717, 1.165) is 22.5 Å². The molecule has 108 valence electrons. The van der Waals surface area contributed by atoms with Gasteiger partial charge in [0.1, 0.15) is 11.6 Å². The Morgan fingerprint density at radius 2 is 1.95 bits per heavy atom. The quantitative estimate of drug-likeness (QED) is 0.686. The average Bonchev–Trinajstić information content (AvgIpc) is 2.77. The standard InChI is InChI=1S/C16H15BrFN3/c1-9(2)16-20-13-8-11(19)4-6-15(13)21(16)14-5-3-10(18)7-12(14)17/h3-9H,19H2,1-2H3. The minimum Gasteiger partial charge on any atom is -0.399 e. The topological polar surface area (TPSA) is 43.8 Å². The van der Waals surface area contributed by atoms with Crippen molar-refractivity contribution in [1.82, 2.24) is 9.55 Å². The Kier molecular flexibility index (Phi) is 3.45. The van der Waals surface area contributed by atoms with Crippen LogP contribution in [0, 0.1) is 5.82 Å². The van der Waals surface area contributed by atoms with E-state index in [4.69, 9.17) is 5.73 Å². The van der Waals surface area contributed by atoms with Crippen molar-refractivity contribution in [2.45, 2.75) is 19.8 Å². The van der Waals surface area contributed by atoms with Crippen molar-refractivity contribution in [3.8, 4) is 5.69 Å². The van der Waals surface area contributed by atoms with Crippen LogP contribution < -0.4 is 5.73 Å². The molecule has 2 aromatic carbocycles. The number of benzene rings is 2. The molecule has 0 atom stereocenters. The number of imidazole rings is 1. The summed E-state index contributed by atoms with van der Waals surface area (Å²) in [5, 5.41) is 0. The van der Waals surface area contributed by atoms with Crippen LogP contribution in [0.4, 0.5) is 10.1 Å². The summed E-state index contributed by atoms with van der Waals surface area (Å²) < 4.78 is 16.1. The van der Waals surface area contributed by atoms with Gasteiger partial charge in [-0.2, -0.15) is 0 Å². The molecule has 0 unspecified atom stereocenters. The van der Waals surface area contributed by atoms with E-state index in [1.54, 1.807) is 6.07 Å². The van der Waals surface area contributed by atoms with Gasteiger partial charge in [-0.05, 0) is 52.3 Å². The third-order valence-electron chi connectivity index (χ3n) is 3.37. The van der Waals surface area contributed by atoms with Crippen LogP contribution in [0.15, 0.2) is 40.9 Å². The van der Waals surface area contributed by atoms with Crippen LogP contribution >= 0.6 is 15.9 Å². The summed E-state index contributed by atoms with van der Waals surface area (Å²) in [4.78, 5) is 4.68. The van der Waals surface area contributed by atoms with Crippen LogP contribution in [0.1, 0.15) is 25.6 Å². The van der Waals surface area contributed by atoms with E-state index in [-0.39, 0.29) is 11.7 Å². The summed E-state index contributed by atoms with van der Waals surface area (Å²) in [6.45, 7) is 4.16. The first-order chi connectivity index (χ1) is 9.97. The largest absolute Gasteiger partial charge is 0.399 e. The van der Waals surface area contributed by atoms with Crippen molar-refractivity contribution in [2.75, 3.05) is 5.73 Å². The smallest absolute Gasteiger partial charge is 0.124 e. The third-order valence-corrected chi connectivity index (χ3v) is 4.01. The second kappa shape index (κ2) is 5.15. The normalized spacial score (nSPS) is 11.5. The van der Waals surface area contributed by atoms with Crippen LogP contribution in [0.5, 0.6) is 0 Å². The Morgan fingerprint density at radius 1 is 1.19 bits per heavy atom. The summed E-state index contributed by atoms with van der Waals surface area (Å²) in [5.41, 5.74) is 9.19. The lowest BCUT2D eigenvalue weighted by Crippen LogP contribution is -2.04. The van der Waals surface area contributed by atoms with Crippen molar-refractivity contribution in [2.24, 2.45) is 0 Å². The van der Waals surface area contributed by atoms with Crippen molar-refractivity contribution >= 4 is 32.7 Å². The molecule has 0 spiro atoms. The van der Waals surface area contributed by atoms with Crippen molar-refractivity contribution < 1.29 is 4.39 Å². The molecule has 0 aliphatic heterocycles. The second-order valence-corrected chi connectivity index (χ2v) is 6.16. The van der Waals surface area contributed by atoms with Gasteiger partial charge >= 0.3 is 0 Å². The van der Waals surface area contributed by atoms with Crippen molar-refractivity contribution in [1.29, 1.82) is 0 Å². The van der Waals surface area contributed by atoms with Gasteiger partial charge < -0.3 is 5.73 Å². The van der Waals surface area contributed by atoms with Crippen molar-refractivity contribution in [3.63, 3.8) is 0 Å². The lowest BCUT2D eigenvalue weighted by atomic mass is 10.2. The number of nitrogens with zero attached hydrogens (tertiary/aromatic N) is 2. The molecule has 1 heterocycles. The SMILES string of the molecule is CC(C)c1nc2cc(N)ccc2n1-c1ccc(F)cc1Br. The molecule has 3 nitrogen and oxygen atoms in total. The van der Waals surface area contributed by atoms with Gasteiger partial charge in [0.15, 0.2) is 0 Å². The van der Waals surface area contributed by atoms with E-state index in [9.17, 15) is 4.39 Å². The van der Waals surface area contributed by atoms with Crippen molar-refractivity contribution in [3.05, 3.63) is 52.5 Å². The summed E-state index contributed by atoms with van der Waals surface area (Å²) in [7, 11) is 0. The van der Waals surface area contributed by atoms with Crippen LogP contribution in [-0.4, -0.2) is 9.55 Å². The van der Waals surface area contributed by atoms with E-state index in [2.05, 4.69) is 34.8 Å². The van der Waals surface area contributed by atoms with E-state index < -0.39 is 0 Å². The maximum Gasteiger partial charge on any atom is 0.124 e. The predicted octanol–water partition coefficient (Wildman–Crippen LogP) is 4.63. The molecule has 2 N–H and O–H groups in total.